The van der Waals surface area contributed by atoms with Crippen molar-refractivity contribution in [3.8, 4) is 0 Å². The van der Waals surface area contributed by atoms with E-state index in [1.54, 1.807) is 17.8 Å². The fourth-order valence-electron chi connectivity index (χ4n) is 1.93. The maximum absolute atomic E-state index is 6.17. The van der Waals surface area contributed by atoms with Crippen LogP contribution in [0.15, 0.2) is 23.1 Å². The van der Waals surface area contributed by atoms with Crippen molar-refractivity contribution in [3.05, 3.63) is 39.5 Å². The fourth-order valence-corrected chi connectivity index (χ4v) is 3.50. The molecule has 102 valence electrons. The standard InChI is InChI=1S/C13H15Cl2N3S/c1-8-10(13(16-2)18(3)17-8)7-19-12-6-9(14)4-5-11(12)15/h4-6,16H,7H2,1-3H3. The third-order valence-electron chi connectivity index (χ3n) is 2.85. The summed E-state index contributed by atoms with van der Waals surface area (Å²) in [6.45, 7) is 2.01. The van der Waals surface area contributed by atoms with Gasteiger partial charge in [-0.05, 0) is 25.1 Å². The van der Waals surface area contributed by atoms with Gasteiger partial charge in [-0.25, -0.2) is 0 Å². The van der Waals surface area contributed by atoms with Gasteiger partial charge in [0.15, 0.2) is 0 Å². The zero-order chi connectivity index (χ0) is 14.0. The van der Waals surface area contributed by atoms with E-state index in [4.69, 9.17) is 23.2 Å². The summed E-state index contributed by atoms with van der Waals surface area (Å²) in [5.41, 5.74) is 2.21. The molecular weight excluding hydrogens is 301 g/mol. The highest BCUT2D eigenvalue weighted by atomic mass is 35.5. The minimum atomic E-state index is 0.698. The number of thioether (sulfide) groups is 1. The van der Waals surface area contributed by atoms with Gasteiger partial charge in [0.05, 0.1) is 10.7 Å². The average molecular weight is 316 g/mol. The van der Waals surface area contributed by atoms with Crippen LogP contribution in [0.3, 0.4) is 0 Å². The zero-order valence-electron chi connectivity index (χ0n) is 11.0. The number of anilines is 1. The number of hydrogen-bond donors (Lipinski definition) is 1. The smallest absolute Gasteiger partial charge is 0.128 e. The normalized spacial score (nSPS) is 10.8. The van der Waals surface area contributed by atoms with Crippen molar-refractivity contribution in [1.82, 2.24) is 9.78 Å². The van der Waals surface area contributed by atoms with Gasteiger partial charge in [-0.2, -0.15) is 5.10 Å². The molecule has 0 saturated carbocycles. The minimum absolute atomic E-state index is 0.698. The summed E-state index contributed by atoms with van der Waals surface area (Å²) in [6.07, 6.45) is 0. The third-order valence-corrected chi connectivity index (χ3v) is 4.61. The molecule has 0 spiro atoms. The Bertz CT molecular complexity index is 596. The molecule has 0 fully saturated rings. The summed E-state index contributed by atoms with van der Waals surface area (Å²) in [4.78, 5) is 0.986. The Morgan fingerprint density at radius 1 is 1.37 bits per heavy atom. The second-order valence-electron chi connectivity index (χ2n) is 4.15. The van der Waals surface area contributed by atoms with Crippen LogP contribution >= 0.6 is 35.0 Å². The predicted octanol–water partition coefficient (Wildman–Crippen LogP) is 4.37. The largest absolute Gasteiger partial charge is 0.373 e. The molecule has 0 bridgehead atoms. The lowest BCUT2D eigenvalue weighted by molar-refractivity contribution is 0.763. The Labute approximate surface area is 127 Å². The van der Waals surface area contributed by atoms with E-state index in [0.717, 1.165) is 27.2 Å². The van der Waals surface area contributed by atoms with Crippen molar-refractivity contribution in [2.75, 3.05) is 12.4 Å². The third kappa shape index (κ3) is 3.19. The molecule has 1 heterocycles. The number of aromatic nitrogens is 2. The fraction of sp³-hybridized carbons (Fsp3) is 0.308. The highest BCUT2D eigenvalue weighted by molar-refractivity contribution is 7.98. The summed E-state index contributed by atoms with van der Waals surface area (Å²) in [7, 11) is 3.83. The van der Waals surface area contributed by atoms with Crippen LogP contribution in [0.1, 0.15) is 11.3 Å². The van der Waals surface area contributed by atoms with Gasteiger partial charge in [0.1, 0.15) is 5.82 Å². The zero-order valence-corrected chi connectivity index (χ0v) is 13.3. The summed E-state index contributed by atoms with van der Waals surface area (Å²) >= 11 is 13.8. The molecule has 1 aromatic heterocycles. The molecule has 0 aliphatic heterocycles. The Hall–Kier alpha value is -0.840. The molecule has 19 heavy (non-hydrogen) atoms. The number of rotatable bonds is 4. The van der Waals surface area contributed by atoms with Gasteiger partial charge in [-0.15, -0.1) is 11.8 Å². The Kier molecular flexibility index (Phi) is 4.66. The molecule has 1 aromatic carbocycles. The first-order chi connectivity index (χ1) is 9.02. The first-order valence-corrected chi connectivity index (χ1v) is 7.55. The number of aryl methyl sites for hydroxylation is 2. The van der Waals surface area contributed by atoms with Crippen molar-refractivity contribution < 1.29 is 0 Å². The topological polar surface area (TPSA) is 29.9 Å². The van der Waals surface area contributed by atoms with Crippen LogP contribution in [0.25, 0.3) is 0 Å². The summed E-state index contributed by atoms with van der Waals surface area (Å²) in [5, 5.41) is 9.01. The average Bonchev–Trinajstić information content (AvgIpc) is 2.64. The van der Waals surface area contributed by atoms with Gasteiger partial charge in [0.25, 0.3) is 0 Å². The van der Waals surface area contributed by atoms with Gasteiger partial charge < -0.3 is 5.32 Å². The number of nitrogens with one attached hydrogen (secondary N) is 1. The van der Waals surface area contributed by atoms with Crippen molar-refractivity contribution in [2.45, 2.75) is 17.6 Å². The molecule has 0 radical (unpaired) electrons. The van der Waals surface area contributed by atoms with Crippen molar-refractivity contribution in [2.24, 2.45) is 7.05 Å². The van der Waals surface area contributed by atoms with E-state index in [1.165, 1.54) is 5.56 Å². The second-order valence-corrected chi connectivity index (χ2v) is 6.01. The molecule has 0 unspecified atom stereocenters. The molecule has 3 nitrogen and oxygen atoms in total. The molecular formula is C13H15Cl2N3S. The number of nitrogens with zero attached hydrogens (tertiary/aromatic N) is 2. The van der Waals surface area contributed by atoms with Gasteiger partial charge in [0.2, 0.25) is 0 Å². The summed E-state index contributed by atoms with van der Waals surface area (Å²) < 4.78 is 1.85. The Morgan fingerprint density at radius 3 is 2.79 bits per heavy atom. The maximum atomic E-state index is 6.17. The molecule has 0 atom stereocenters. The highest BCUT2D eigenvalue weighted by Crippen LogP contribution is 2.34. The van der Waals surface area contributed by atoms with E-state index in [0.29, 0.717) is 5.02 Å². The van der Waals surface area contributed by atoms with E-state index in [-0.39, 0.29) is 0 Å². The molecule has 0 amide bonds. The van der Waals surface area contributed by atoms with E-state index in [2.05, 4.69) is 10.4 Å². The lowest BCUT2D eigenvalue weighted by Gasteiger charge is -2.07. The van der Waals surface area contributed by atoms with E-state index in [9.17, 15) is 0 Å². The van der Waals surface area contributed by atoms with Crippen molar-refractivity contribution >= 4 is 40.8 Å². The lowest BCUT2D eigenvalue weighted by Crippen LogP contribution is -2.00. The van der Waals surface area contributed by atoms with Crippen LogP contribution in [0.5, 0.6) is 0 Å². The first kappa shape index (κ1) is 14.6. The summed E-state index contributed by atoms with van der Waals surface area (Å²) in [6, 6.07) is 5.50. The Balaban J connectivity index is 2.21. The minimum Gasteiger partial charge on any atom is -0.373 e. The summed E-state index contributed by atoms with van der Waals surface area (Å²) in [5.74, 6) is 1.83. The van der Waals surface area contributed by atoms with Crippen molar-refractivity contribution in [1.29, 1.82) is 0 Å². The van der Waals surface area contributed by atoms with E-state index >= 15 is 0 Å². The quantitative estimate of drug-likeness (QED) is 0.850. The van der Waals surface area contributed by atoms with Crippen LogP contribution in [0.2, 0.25) is 10.0 Å². The van der Waals surface area contributed by atoms with Gasteiger partial charge in [-0.1, -0.05) is 23.2 Å². The van der Waals surface area contributed by atoms with Gasteiger partial charge in [-0.3, -0.25) is 4.68 Å². The van der Waals surface area contributed by atoms with Crippen LogP contribution in [-0.2, 0) is 12.8 Å². The molecule has 1 N–H and O–H groups in total. The molecule has 0 aliphatic carbocycles. The molecule has 0 saturated heterocycles. The van der Waals surface area contributed by atoms with Crippen LogP contribution in [0.4, 0.5) is 5.82 Å². The van der Waals surface area contributed by atoms with Crippen molar-refractivity contribution in [3.63, 3.8) is 0 Å². The number of benzene rings is 1. The first-order valence-electron chi connectivity index (χ1n) is 5.81. The van der Waals surface area contributed by atoms with Crippen LogP contribution in [0, 0.1) is 6.92 Å². The SMILES string of the molecule is CNc1c(CSc2cc(Cl)ccc2Cl)c(C)nn1C. The van der Waals surface area contributed by atoms with E-state index in [1.807, 2.05) is 37.8 Å². The molecule has 2 rings (SSSR count). The van der Waals surface area contributed by atoms with Gasteiger partial charge in [0, 0.05) is 35.3 Å². The lowest BCUT2D eigenvalue weighted by atomic mass is 10.3. The molecule has 6 heteroatoms. The second kappa shape index (κ2) is 6.07. The number of halogens is 2. The monoisotopic (exact) mass is 315 g/mol. The molecule has 2 aromatic rings. The van der Waals surface area contributed by atoms with Crippen LogP contribution < -0.4 is 5.32 Å². The predicted molar refractivity (Wildman–Crippen MR) is 83.5 cm³/mol. The number of hydrogen-bond acceptors (Lipinski definition) is 3. The van der Waals surface area contributed by atoms with Gasteiger partial charge >= 0.3 is 0 Å². The maximum Gasteiger partial charge on any atom is 0.128 e. The molecule has 0 aliphatic rings. The highest BCUT2D eigenvalue weighted by Gasteiger charge is 2.13. The van der Waals surface area contributed by atoms with E-state index < -0.39 is 0 Å². The van der Waals surface area contributed by atoms with Crippen LogP contribution in [-0.4, -0.2) is 16.8 Å². The Morgan fingerprint density at radius 2 is 2.11 bits per heavy atom.